The Labute approximate surface area is 273 Å². The van der Waals surface area contributed by atoms with E-state index in [0.29, 0.717) is 6.42 Å². The Balaban J connectivity index is 3.67. The van der Waals surface area contributed by atoms with Crippen molar-refractivity contribution in [3.05, 3.63) is 36.5 Å². The van der Waals surface area contributed by atoms with Crippen molar-refractivity contribution >= 4 is 5.91 Å². The van der Waals surface area contributed by atoms with Crippen molar-refractivity contribution in [1.29, 1.82) is 0 Å². The number of allylic oxidation sites excluding steroid dienone is 5. The number of unbranched alkanes of at least 4 members (excludes halogenated alkanes) is 20. The van der Waals surface area contributed by atoms with Crippen LogP contribution in [0, 0.1) is 0 Å². The Bertz CT molecular complexity index is 690. The van der Waals surface area contributed by atoms with E-state index in [-0.39, 0.29) is 18.9 Å². The van der Waals surface area contributed by atoms with Crippen LogP contribution in [0.25, 0.3) is 0 Å². The molecule has 44 heavy (non-hydrogen) atoms. The fraction of sp³-hybridized carbons (Fsp3) is 0.821. The molecule has 0 aromatic rings. The molecule has 0 radical (unpaired) electrons. The minimum Gasteiger partial charge on any atom is -0.394 e. The summed E-state index contributed by atoms with van der Waals surface area (Å²) in [6, 6.07) is -0.741. The first kappa shape index (κ1) is 42.6. The second-order valence-corrected chi connectivity index (χ2v) is 12.8. The van der Waals surface area contributed by atoms with E-state index in [0.717, 1.165) is 38.5 Å². The standard InChI is InChI=1S/C39H73NO4/c1-3-5-7-9-11-13-15-16-17-18-19-20-21-22-23-24-26-28-30-32-36(42)34-39(44)40-37(35-41)38(43)33-31-29-27-25-14-12-10-8-6-4-2/h5,7,11,13,31,33,36-38,41-43H,3-4,6,8-10,12,14-30,32,34-35H2,1-2H3,(H,40,44)/b7-5-,13-11-,33-31+. The van der Waals surface area contributed by atoms with Gasteiger partial charge in [0.15, 0.2) is 0 Å². The van der Waals surface area contributed by atoms with Gasteiger partial charge in [0.1, 0.15) is 0 Å². The van der Waals surface area contributed by atoms with E-state index >= 15 is 0 Å². The molecule has 1 amide bonds. The van der Waals surface area contributed by atoms with Gasteiger partial charge in [-0.25, -0.2) is 0 Å². The minimum atomic E-state index is -0.925. The van der Waals surface area contributed by atoms with Crippen molar-refractivity contribution in [3.8, 4) is 0 Å². The molecule has 0 heterocycles. The number of hydrogen-bond acceptors (Lipinski definition) is 4. The van der Waals surface area contributed by atoms with Crippen LogP contribution in [0.1, 0.15) is 181 Å². The summed E-state index contributed by atoms with van der Waals surface area (Å²) in [5.41, 5.74) is 0. The first-order valence-corrected chi connectivity index (χ1v) is 18.8. The molecule has 3 unspecified atom stereocenters. The first-order chi connectivity index (χ1) is 21.5. The highest BCUT2D eigenvalue weighted by atomic mass is 16.3. The molecule has 3 atom stereocenters. The molecule has 5 nitrogen and oxygen atoms in total. The molecule has 5 heteroatoms. The number of carbonyl (C=O) groups excluding carboxylic acids is 1. The highest BCUT2D eigenvalue weighted by molar-refractivity contribution is 5.76. The molecule has 0 aliphatic carbocycles. The third-order valence-electron chi connectivity index (χ3n) is 8.43. The van der Waals surface area contributed by atoms with Crippen molar-refractivity contribution in [3.63, 3.8) is 0 Å². The molecule has 0 aromatic heterocycles. The van der Waals surface area contributed by atoms with Gasteiger partial charge in [0.2, 0.25) is 5.91 Å². The quantitative estimate of drug-likeness (QED) is 0.0435. The summed E-state index contributed by atoms with van der Waals surface area (Å²) in [4.78, 5) is 12.3. The second kappa shape index (κ2) is 34.4. The number of amides is 1. The number of hydrogen-bond donors (Lipinski definition) is 4. The second-order valence-electron chi connectivity index (χ2n) is 12.8. The molecule has 0 rings (SSSR count). The third kappa shape index (κ3) is 30.6. The maximum absolute atomic E-state index is 12.3. The van der Waals surface area contributed by atoms with E-state index in [4.69, 9.17) is 0 Å². The Kier molecular flexibility index (Phi) is 33.3. The lowest BCUT2D eigenvalue weighted by molar-refractivity contribution is -0.124. The molecule has 0 aliphatic heterocycles. The van der Waals surface area contributed by atoms with Gasteiger partial charge in [0.25, 0.3) is 0 Å². The summed E-state index contributed by atoms with van der Waals surface area (Å²) in [7, 11) is 0. The summed E-state index contributed by atoms with van der Waals surface area (Å²) in [5, 5.41) is 33.0. The summed E-state index contributed by atoms with van der Waals surface area (Å²) in [6.07, 6.45) is 41.3. The summed E-state index contributed by atoms with van der Waals surface area (Å²) < 4.78 is 0. The normalized spacial score (nSPS) is 14.2. The summed E-state index contributed by atoms with van der Waals surface area (Å²) in [5.74, 6) is -0.320. The molecular weight excluding hydrogens is 546 g/mol. The van der Waals surface area contributed by atoms with E-state index in [1.54, 1.807) is 6.08 Å². The van der Waals surface area contributed by atoms with Crippen LogP contribution in [0.2, 0.25) is 0 Å². The van der Waals surface area contributed by atoms with Gasteiger partial charge in [-0.3, -0.25) is 4.79 Å². The highest BCUT2D eigenvalue weighted by Gasteiger charge is 2.20. The Morgan fingerprint density at radius 1 is 0.614 bits per heavy atom. The summed E-state index contributed by atoms with van der Waals surface area (Å²) >= 11 is 0. The minimum absolute atomic E-state index is 0.0124. The van der Waals surface area contributed by atoms with Gasteiger partial charge in [-0.2, -0.15) is 0 Å². The predicted molar refractivity (Wildman–Crippen MR) is 190 cm³/mol. The molecule has 4 N–H and O–H groups in total. The Hall–Kier alpha value is -1.43. The maximum Gasteiger partial charge on any atom is 0.222 e. The van der Waals surface area contributed by atoms with Crippen LogP contribution in [0.5, 0.6) is 0 Å². The van der Waals surface area contributed by atoms with Crippen LogP contribution in [-0.2, 0) is 4.79 Å². The van der Waals surface area contributed by atoms with Gasteiger partial charge in [-0.15, -0.1) is 0 Å². The van der Waals surface area contributed by atoms with Crippen LogP contribution in [0.4, 0.5) is 0 Å². The van der Waals surface area contributed by atoms with Crippen LogP contribution < -0.4 is 5.32 Å². The van der Waals surface area contributed by atoms with E-state index < -0.39 is 18.2 Å². The number of aliphatic hydroxyl groups excluding tert-OH is 3. The van der Waals surface area contributed by atoms with Gasteiger partial charge in [-0.1, -0.05) is 166 Å². The molecule has 0 spiro atoms. The molecule has 0 aliphatic rings. The molecule has 0 fully saturated rings. The maximum atomic E-state index is 12.3. The average Bonchev–Trinajstić information content (AvgIpc) is 3.01. The monoisotopic (exact) mass is 620 g/mol. The fourth-order valence-electron chi connectivity index (χ4n) is 5.55. The van der Waals surface area contributed by atoms with Crippen molar-refractivity contribution in [1.82, 2.24) is 5.32 Å². The van der Waals surface area contributed by atoms with E-state index in [1.807, 2.05) is 6.08 Å². The first-order valence-electron chi connectivity index (χ1n) is 18.8. The largest absolute Gasteiger partial charge is 0.394 e. The van der Waals surface area contributed by atoms with E-state index in [2.05, 4.69) is 43.5 Å². The Morgan fingerprint density at radius 3 is 1.61 bits per heavy atom. The zero-order chi connectivity index (χ0) is 32.4. The van der Waals surface area contributed by atoms with Gasteiger partial charge in [0, 0.05) is 0 Å². The van der Waals surface area contributed by atoms with Crippen LogP contribution in [0.3, 0.4) is 0 Å². The van der Waals surface area contributed by atoms with Crippen LogP contribution in [0.15, 0.2) is 36.5 Å². The molecular formula is C39H73NO4. The molecule has 0 aromatic carbocycles. The lowest BCUT2D eigenvalue weighted by Crippen LogP contribution is -2.45. The molecule has 0 saturated heterocycles. The topological polar surface area (TPSA) is 89.8 Å². The number of carbonyl (C=O) groups is 1. The Morgan fingerprint density at radius 2 is 1.09 bits per heavy atom. The van der Waals surface area contributed by atoms with E-state index in [9.17, 15) is 20.1 Å². The number of rotatable bonds is 33. The smallest absolute Gasteiger partial charge is 0.222 e. The molecule has 258 valence electrons. The zero-order valence-corrected chi connectivity index (χ0v) is 29.0. The highest BCUT2D eigenvalue weighted by Crippen LogP contribution is 2.15. The van der Waals surface area contributed by atoms with E-state index in [1.165, 1.54) is 116 Å². The number of nitrogens with one attached hydrogen (secondary N) is 1. The van der Waals surface area contributed by atoms with Gasteiger partial charge >= 0.3 is 0 Å². The van der Waals surface area contributed by atoms with Crippen molar-refractivity contribution in [2.24, 2.45) is 0 Å². The van der Waals surface area contributed by atoms with Crippen LogP contribution >= 0.6 is 0 Å². The number of aliphatic hydroxyl groups is 3. The third-order valence-corrected chi connectivity index (χ3v) is 8.43. The lowest BCUT2D eigenvalue weighted by atomic mass is 10.0. The van der Waals surface area contributed by atoms with Crippen molar-refractivity contribution in [2.75, 3.05) is 6.61 Å². The van der Waals surface area contributed by atoms with Gasteiger partial charge in [0.05, 0.1) is 31.3 Å². The fourth-order valence-corrected chi connectivity index (χ4v) is 5.55. The molecule has 0 bridgehead atoms. The van der Waals surface area contributed by atoms with Gasteiger partial charge in [-0.05, 0) is 44.9 Å². The van der Waals surface area contributed by atoms with Gasteiger partial charge < -0.3 is 20.6 Å². The zero-order valence-electron chi connectivity index (χ0n) is 29.0. The average molecular weight is 620 g/mol. The van der Waals surface area contributed by atoms with Crippen molar-refractivity contribution in [2.45, 2.75) is 199 Å². The molecule has 0 saturated carbocycles. The predicted octanol–water partition coefficient (Wildman–Crippen LogP) is 10.0. The SMILES string of the molecule is CC/C=C\C/C=C\CCCCCCCCCCCCCCC(O)CC(=O)NC(CO)C(O)/C=C/CCCCCCCCCC. The van der Waals surface area contributed by atoms with Crippen LogP contribution in [-0.4, -0.2) is 46.1 Å². The lowest BCUT2D eigenvalue weighted by Gasteiger charge is -2.21. The summed E-state index contributed by atoms with van der Waals surface area (Å²) in [6.45, 7) is 4.07. The van der Waals surface area contributed by atoms with Crippen molar-refractivity contribution < 1.29 is 20.1 Å².